The predicted octanol–water partition coefficient (Wildman–Crippen LogP) is 1.21. The Kier molecular flexibility index (Phi) is 1.15. The molecule has 0 aromatic rings. The first kappa shape index (κ1) is 4.85. The molecule has 0 aromatic heterocycles. The van der Waals surface area contributed by atoms with E-state index in [-0.39, 0.29) is 0 Å². The number of rotatable bonds is 2. The van der Waals surface area contributed by atoms with Crippen LogP contribution in [-0.2, 0) is 4.74 Å². The van der Waals surface area contributed by atoms with E-state index in [9.17, 15) is 0 Å². The van der Waals surface area contributed by atoms with Crippen molar-refractivity contribution in [1.29, 1.82) is 0 Å². The summed E-state index contributed by atoms with van der Waals surface area (Å²) in [5.41, 5.74) is 1.35. The second-order valence-corrected chi connectivity index (χ2v) is 2.01. The summed E-state index contributed by atoms with van der Waals surface area (Å²) < 4.78 is 4.88. The molecule has 7 heavy (non-hydrogen) atoms. The molecule has 1 nitrogen and oxygen atoms in total. The number of hydrogen-bond acceptors (Lipinski definition) is 1. The molecule has 0 amide bonds. The topological polar surface area (TPSA) is 9.23 Å². The molecule has 1 rings (SSSR count). The zero-order chi connectivity index (χ0) is 5.28. The van der Waals surface area contributed by atoms with Crippen molar-refractivity contribution < 1.29 is 4.74 Å². The average Bonchev–Trinajstić information content (AvgIpc) is 2.22. The van der Waals surface area contributed by atoms with Crippen LogP contribution in [0, 0.1) is 5.92 Å². The van der Waals surface area contributed by atoms with E-state index >= 15 is 0 Å². The molecule has 1 fully saturated rings. The zero-order valence-corrected chi connectivity index (χ0v) is 4.61. The van der Waals surface area contributed by atoms with Gasteiger partial charge in [0.1, 0.15) is 0 Å². The van der Waals surface area contributed by atoms with Gasteiger partial charge in [-0.05, 0) is 6.42 Å². The zero-order valence-electron chi connectivity index (χ0n) is 4.61. The molecular formula is C6H10O. The van der Waals surface area contributed by atoms with Gasteiger partial charge in [0.15, 0.2) is 0 Å². The van der Waals surface area contributed by atoms with E-state index in [2.05, 4.69) is 6.58 Å². The first-order valence-electron chi connectivity index (χ1n) is 2.51. The van der Waals surface area contributed by atoms with Gasteiger partial charge in [0.05, 0.1) is 6.61 Å². The van der Waals surface area contributed by atoms with Crippen molar-refractivity contribution in [2.24, 2.45) is 5.92 Å². The lowest BCUT2D eigenvalue weighted by molar-refractivity contribution is 0.189. The Morgan fingerprint density at radius 3 is 2.71 bits per heavy atom. The Labute approximate surface area is 44.0 Å². The van der Waals surface area contributed by atoms with Gasteiger partial charge in [0, 0.05) is 13.0 Å². The van der Waals surface area contributed by atoms with Crippen LogP contribution in [-0.4, -0.2) is 13.7 Å². The first-order chi connectivity index (χ1) is 3.34. The summed E-state index contributed by atoms with van der Waals surface area (Å²) in [4.78, 5) is 0. The maximum Gasteiger partial charge on any atom is 0.0530 e. The van der Waals surface area contributed by atoms with E-state index in [0.29, 0.717) is 5.92 Å². The van der Waals surface area contributed by atoms with E-state index in [0.717, 1.165) is 6.61 Å². The fourth-order valence-corrected chi connectivity index (χ4v) is 0.636. The Morgan fingerprint density at radius 2 is 2.57 bits per heavy atom. The smallest absolute Gasteiger partial charge is 0.0530 e. The van der Waals surface area contributed by atoms with Crippen LogP contribution in [0.3, 0.4) is 0 Å². The van der Waals surface area contributed by atoms with Crippen molar-refractivity contribution in [1.82, 2.24) is 0 Å². The van der Waals surface area contributed by atoms with Gasteiger partial charge in [-0.1, -0.05) is 12.2 Å². The summed E-state index contributed by atoms with van der Waals surface area (Å²) in [6, 6.07) is 0. The molecule has 0 saturated heterocycles. The summed E-state index contributed by atoms with van der Waals surface area (Å²) in [6.45, 7) is 4.66. The molecule has 0 spiro atoms. The second-order valence-electron chi connectivity index (χ2n) is 2.01. The summed E-state index contributed by atoms with van der Waals surface area (Å²) in [5, 5.41) is 0. The summed E-state index contributed by atoms with van der Waals surface area (Å²) in [6.07, 6.45) is 1.19. The van der Waals surface area contributed by atoms with E-state index in [1.165, 1.54) is 12.0 Å². The van der Waals surface area contributed by atoms with E-state index in [1.807, 2.05) is 0 Å². The SMILES string of the molecule is C=C1CC1COC. The molecule has 1 unspecified atom stereocenters. The number of hydrogen-bond donors (Lipinski definition) is 0. The van der Waals surface area contributed by atoms with Gasteiger partial charge in [0.25, 0.3) is 0 Å². The second kappa shape index (κ2) is 1.66. The minimum Gasteiger partial charge on any atom is -0.384 e. The van der Waals surface area contributed by atoms with Crippen molar-refractivity contribution >= 4 is 0 Å². The van der Waals surface area contributed by atoms with E-state index < -0.39 is 0 Å². The normalized spacial score (nSPS) is 28.1. The molecule has 0 N–H and O–H groups in total. The third-order valence-corrected chi connectivity index (χ3v) is 1.29. The molecule has 0 radical (unpaired) electrons. The molecule has 0 aliphatic heterocycles. The lowest BCUT2D eigenvalue weighted by atomic mass is 10.4. The quantitative estimate of drug-likeness (QED) is 0.472. The highest BCUT2D eigenvalue weighted by atomic mass is 16.5. The summed E-state index contributed by atoms with van der Waals surface area (Å²) >= 11 is 0. The third kappa shape index (κ3) is 1.03. The molecule has 0 aromatic carbocycles. The lowest BCUT2D eigenvalue weighted by Crippen LogP contribution is -1.87. The minimum atomic E-state index is 0.699. The molecule has 1 atom stereocenters. The van der Waals surface area contributed by atoms with Crippen molar-refractivity contribution in [3.63, 3.8) is 0 Å². The maximum atomic E-state index is 4.88. The lowest BCUT2D eigenvalue weighted by Gasteiger charge is -1.87. The van der Waals surface area contributed by atoms with Crippen LogP contribution in [0.25, 0.3) is 0 Å². The van der Waals surface area contributed by atoms with Crippen molar-refractivity contribution in [3.05, 3.63) is 12.2 Å². The Bertz CT molecular complexity index is 86.2. The fraction of sp³-hybridized carbons (Fsp3) is 0.667. The molecule has 40 valence electrons. The molecule has 1 heteroatoms. The summed E-state index contributed by atoms with van der Waals surface area (Å²) in [5.74, 6) is 0.699. The number of ether oxygens (including phenoxy) is 1. The van der Waals surface area contributed by atoms with Gasteiger partial charge < -0.3 is 4.74 Å². The van der Waals surface area contributed by atoms with Crippen molar-refractivity contribution in [3.8, 4) is 0 Å². The molecule has 0 bridgehead atoms. The molecule has 1 aliphatic carbocycles. The van der Waals surface area contributed by atoms with Gasteiger partial charge >= 0.3 is 0 Å². The van der Waals surface area contributed by atoms with Gasteiger partial charge in [-0.25, -0.2) is 0 Å². The first-order valence-corrected chi connectivity index (χ1v) is 2.51. The highest BCUT2D eigenvalue weighted by Gasteiger charge is 2.26. The van der Waals surface area contributed by atoms with Gasteiger partial charge in [0.2, 0.25) is 0 Å². The molecule has 0 heterocycles. The standard InChI is InChI=1S/C6H10O/c1-5-3-6(5)4-7-2/h6H,1,3-4H2,2H3. The Balaban J connectivity index is 2.09. The van der Waals surface area contributed by atoms with Gasteiger partial charge in [-0.15, -0.1) is 0 Å². The Hall–Kier alpha value is -0.300. The van der Waals surface area contributed by atoms with Crippen LogP contribution in [0.15, 0.2) is 12.2 Å². The van der Waals surface area contributed by atoms with Gasteiger partial charge in [-0.3, -0.25) is 0 Å². The van der Waals surface area contributed by atoms with Crippen LogP contribution in [0.5, 0.6) is 0 Å². The van der Waals surface area contributed by atoms with Crippen LogP contribution in [0.1, 0.15) is 6.42 Å². The van der Waals surface area contributed by atoms with Gasteiger partial charge in [-0.2, -0.15) is 0 Å². The average molecular weight is 98.1 g/mol. The monoisotopic (exact) mass is 98.1 g/mol. The third-order valence-electron chi connectivity index (χ3n) is 1.29. The van der Waals surface area contributed by atoms with Crippen molar-refractivity contribution in [2.45, 2.75) is 6.42 Å². The number of methoxy groups -OCH3 is 1. The van der Waals surface area contributed by atoms with Crippen LogP contribution in [0.2, 0.25) is 0 Å². The predicted molar refractivity (Wildman–Crippen MR) is 29.1 cm³/mol. The fourth-order valence-electron chi connectivity index (χ4n) is 0.636. The summed E-state index contributed by atoms with van der Waals surface area (Å²) in [7, 11) is 1.73. The van der Waals surface area contributed by atoms with Crippen molar-refractivity contribution in [2.75, 3.05) is 13.7 Å². The molecule has 1 aliphatic rings. The molecular weight excluding hydrogens is 88.1 g/mol. The van der Waals surface area contributed by atoms with E-state index in [4.69, 9.17) is 4.74 Å². The molecule has 1 saturated carbocycles. The Morgan fingerprint density at radius 1 is 2.00 bits per heavy atom. The largest absolute Gasteiger partial charge is 0.384 e. The highest BCUT2D eigenvalue weighted by molar-refractivity contribution is 5.18. The minimum absolute atomic E-state index is 0.699. The van der Waals surface area contributed by atoms with E-state index in [1.54, 1.807) is 7.11 Å². The highest BCUT2D eigenvalue weighted by Crippen LogP contribution is 2.35. The van der Waals surface area contributed by atoms with Crippen LogP contribution >= 0.6 is 0 Å². The van der Waals surface area contributed by atoms with Crippen LogP contribution < -0.4 is 0 Å². The maximum absolute atomic E-state index is 4.88. The van der Waals surface area contributed by atoms with Crippen LogP contribution in [0.4, 0.5) is 0 Å².